The van der Waals surface area contributed by atoms with E-state index in [2.05, 4.69) is 22.0 Å². The number of aryl methyl sites for hydroxylation is 1. The van der Waals surface area contributed by atoms with E-state index in [0.29, 0.717) is 19.7 Å². The van der Waals surface area contributed by atoms with Crippen molar-refractivity contribution in [3.8, 4) is 5.75 Å². The first-order chi connectivity index (χ1) is 13.1. The van der Waals surface area contributed by atoms with Gasteiger partial charge in [0.15, 0.2) is 0 Å². The molecule has 0 aromatic heterocycles. The third-order valence-electron chi connectivity index (χ3n) is 5.04. The van der Waals surface area contributed by atoms with E-state index in [-0.39, 0.29) is 24.7 Å². The number of carbonyl (C=O) groups excluding carboxylic acids is 2. The Labute approximate surface area is 167 Å². The average Bonchev–Trinajstić information content (AvgIpc) is 2.70. The molecular weight excluding hydrogens is 408 g/mol. The van der Waals surface area contributed by atoms with Crippen molar-refractivity contribution in [2.45, 2.75) is 25.7 Å². The largest absolute Gasteiger partial charge is 0.490 e. The van der Waals surface area contributed by atoms with E-state index in [4.69, 9.17) is 4.74 Å². The first kappa shape index (κ1) is 18.0. The Morgan fingerprint density at radius 3 is 2.52 bits per heavy atom. The standard InChI is InChI=1S/C21H21BrN2O3/c22-16-7-8-17-15(14-16)4-3-11-23(17)20(25)9-10-21(26)24-12-13-27-19-6-2-1-5-18(19)24/h1-2,5-8,14H,3-4,9-13H2. The number of ether oxygens (including phenoxy) is 1. The van der Waals surface area contributed by atoms with Gasteiger partial charge in [-0.25, -0.2) is 0 Å². The Bertz CT molecular complexity index is 883. The number of amides is 2. The van der Waals surface area contributed by atoms with Gasteiger partial charge in [-0.1, -0.05) is 28.1 Å². The summed E-state index contributed by atoms with van der Waals surface area (Å²) in [4.78, 5) is 29.1. The highest BCUT2D eigenvalue weighted by molar-refractivity contribution is 9.10. The minimum Gasteiger partial charge on any atom is -0.490 e. The van der Waals surface area contributed by atoms with Crippen molar-refractivity contribution in [2.24, 2.45) is 0 Å². The maximum Gasteiger partial charge on any atom is 0.227 e. The van der Waals surface area contributed by atoms with Crippen molar-refractivity contribution in [2.75, 3.05) is 29.5 Å². The Balaban J connectivity index is 1.43. The summed E-state index contributed by atoms with van der Waals surface area (Å²) in [5.41, 5.74) is 2.94. The van der Waals surface area contributed by atoms with E-state index in [0.717, 1.165) is 34.4 Å². The van der Waals surface area contributed by atoms with Crippen molar-refractivity contribution in [1.82, 2.24) is 0 Å². The van der Waals surface area contributed by atoms with Gasteiger partial charge in [-0.05, 0) is 48.7 Å². The lowest BCUT2D eigenvalue weighted by molar-refractivity contribution is -0.123. The van der Waals surface area contributed by atoms with Crippen molar-refractivity contribution in [3.05, 3.63) is 52.5 Å². The second-order valence-corrected chi connectivity index (χ2v) is 7.70. The fourth-order valence-corrected chi connectivity index (χ4v) is 4.15. The highest BCUT2D eigenvalue weighted by atomic mass is 79.9. The monoisotopic (exact) mass is 428 g/mol. The van der Waals surface area contributed by atoms with Gasteiger partial charge >= 0.3 is 0 Å². The molecule has 0 fully saturated rings. The minimum absolute atomic E-state index is 0.00756. The van der Waals surface area contributed by atoms with Crippen molar-refractivity contribution in [1.29, 1.82) is 0 Å². The van der Waals surface area contributed by atoms with E-state index in [1.807, 2.05) is 41.3 Å². The molecule has 0 N–H and O–H groups in total. The van der Waals surface area contributed by atoms with Crippen LogP contribution in [0.25, 0.3) is 0 Å². The van der Waals surface area contributed by atoms with E-state index < -0.39 is 0 Å². The molecule has 2 amide bonds. The van der Waals surface area contributed by atoms with Gasteiger partial charge in [0.05, 0.1) is 12.2 Å². The summed E-state index contributed by atoms with van der Waals surface area (Å²) in [5, 5.41) is 0. The quantitative estimate of drug-likeness (QED) is 0.743. The van der Waals surface area contributed by atoms with Crippen LogP contribution in [0.4, 0.5) is 11.4 Å². The van der Waals surface area contributed by atoms with Crippen molar-refractivity contribution < 1.29 is 14.3 Å². The number of para-hydroxylation sites is 2. The first-order valence-electron chi connectivity index (χ1n) is 9.24. The van der Waals surface area contributed by atoms with Crippen molar-refractivity contribution in [3.63, 3.8) is 0 Å². The molecule has 0 aliphatic carbocycles. The molecule has 0 bridgehead atoms. The second kappa shape index (κ2) is 7.72. The fraction of sp³-hybridized carbons (Fsp3) is 0.333. The number of halogens is 1. The maximum atomic E-state index is 12.8. The number of rotatable bonds is 3. The van der Waals surface area contributed by atoms with Gasteiger partial charge in [0, 0.05) is 29.5 Å². The summed E-state index contributed by atoms with van der Waals surface area (Å²) < 4.78 is 6.63. The number of carbonyl (C=O) groups is 2. The van der Waals surface area contributed by atoms with Crippen LogP contribution in [-0.4, -0.2) is 31.5 Å². The molecular formula is C21H21BrN2O3. The SMILES string of the molecule is O=C(CCC(=O)N1CCOc2ccccc21)N1CCCc2cc(Br)ccc21. The smallest absolute Gasteiger partial charge is 0.227 e. The van der Waals surface area contributed by atoms with Crippen LogP contribution < -0.4 is 14.5 Å². The summed E-state index contributed by atoms with van der Waals surface area (Å²) >= 11 is 3.49. The summed E-state index contributed by atoms with van der Waals surface area (Å²) in [6.45, 7) is 1.71. The number of hydrogen-bond acceptors (Lipinski definition) is 3. The third kappa shape index (κ3) is 3.72. The molecule has 27 heavy (non-hydrogen) atoms. The Kier molecular flexibility index (Phi) is 5.16. The normalized spacial score (nSPS) is 15.6. The molecule has 0 atom stereocenters. The average molecular weight is 429 g/mol. The van der Waals surface area contributed by atoms with E-state index in [1.54, 1.807) is 4.90 Å². The van der Waals surface area contributed by atoms with Gasteiger partial charge in [-0.15, -0.1) is 0 Å². The second-order valence-electron chi connectivity index (χ2n) is 6.78. The fourth-order valence-electron chi connectivity index (χ4n) is 3.74. The highest BCUT2D eigenvalue weighted by Crippen LogP contribution is 2.32. The van der Waals surface area contributed by atoms with Crippen LogP contribution in [-0.2, 0) is 16.0 Å². The Morgan fingerprint density at radius 2 is 1.70 bits per heavy atom. The molecule has 0 unspecified atom stereocenters. The molecule has 6 heteroatoms. The molecule has 2 heterocycles. The lowest BCUT2D eigenvalue weighted by Crippen LogP contribution is -2.39. The molecule has 0 saturated carbocycles. The molecule has 2 aromatic rings. The molecule has 140 valence electrons. The van der Waals surface area contributed by atoms with Crippen LogP contribution in [0.1, 0.15) is 24.8 Å². The molecule has 0 spiro atoms. The molecule has 4 rings (SSSR count). The molecule has 0 saturated heterocycles. The Hall–Kier alpha value is -2.34. The van der Waals surface area contributed by atoms with E-state index >= 15 is 0 Å². The molecule has 2 aliphatic heterocycles. The minimum atomic E-state index is -0.0351. The first-order valence-corrected chi connectivity index (χ1v) is 10.0. The summed E-state index contributed by atoms with van der Waals surface area (Å²) in [6, 6.07) is 13.5. The third-order valence-corrected chi connectivity index (χ3v) is 5.54. The van der Waals surface area contributed by atoms with Crippen LogP contribution in [0.3, 0.4) is 0 Å². The number of anilines is 2. The maximum absolute atomic E-state index is 12.8. The number of benzene rings is 2. The zero-order valence-electron chi connectivity index (χ0n) is 15.0. The predicted octanol–water partition coefficient (Wildman–Crippen LogP) is 3.93. The highest BCUT2D eigenvalue weighted by Gasteiger charge is 2.26. The van der Waals surface area contributed by atoms with Gasteiger partial charge in [0.1, 0.15) is 12.4 Å². The molecule has 5 nitrogen and oxygen atoms in total. The summed E-state index contributed by atoms with van der Waals surface area (Å²) in [5.74, 6) is 0.694. The molecule has 2 aromatic carbocycles. The zero-order chi connectivity index (χ0) is 18.8. The van der Waals surface area contributed by atoms with E-state index in [1.165, 1.54) is 5.56 Å². The van der Waals surface area contributed by atoms with Crippen LogP contribution in [0.5, 0.6) is 5.75 Å². The lowest BCUT2D eigenvalue weighted by atomic mass is 10.0. The number of fused-ring (bicyclic) bond motifs is 2. The van der Waals surface area contributed by atoms with Gasteiger partial charge < -0.3 is 14.5 Å². The topological polar surface area (TPSA) is 49.9 Å². The number of nitrogens with zero attached hydrogens (tertiary/aromatic N) is 2. The van der Waals surface area contributed by atoms with Crippen LogP contribution >= 0.6 is 15.9 Å². The summed E-state index contributed by atoms with van der Waals surface area (Å²) in [7, 11) is 0. The predicted molar refractivity (Wildman–Crippen MR) is 108 cm³/mol. The summed E-state index contributed by atoms with van der Waals surface area (Å²) in [6.07, 6.45) is 2.34. The van der Waals surface area contributed by atoms with E-state index in [9.17, 15) is 9.59 Å². The van der Waals surface area contributed by atoms with Gasteiger partial charge in [0.25, 0.3) is 0 Å². The lowest BCUT2D eigenvalue weighted by Gasteiger charge is -2.31. The Morgan fingerprint density at radius 1 is 0.963 bits per heavy atom. The number of hydrogen-bond donors (Lipinski definition) is 0. The van der Waals surface area contributed by atoms with Crippen LogP contribution in [0.15, 0.2) is 46.9 Å². The van der Waals surface area contributed by atoms with Crippen LogP contribution in [0, 0.1) is 0 Å². The molecule has 0 radical (unpaired) electrons. The van der Waals surface area contributed by atoms with Crippen molar-refractivity contribution >= 4 is 39.1 Å². The van der Waals surface area contributed by atoms with Gasteiger partial charge in [-0.3, -0.25) is 9.59 Å². The van der Waals surface area contributed by atoms with Crippen LogP contribution in [0.2, 0.25) is 0 Å². The van der Waals surface area contributed by atoms with Gasteiger partial charge in [0.2, 0.25) is 11.8 Å². The zero-order valence-corrected chi connectivity index (χ0v) is 16.6. The van der Waals surface area contributed by atoms with Gasteiger partial charge in [-0.2, -0.15) is 0 Å². The molecule has 2 aliphatic rings.